The van der Waals surface area contributed by atoms with Gasteiger partial charge < -0.3 is 10.5 Å². The molecule has 2 N–H and O–H groups in total. The molecule has 5 heteroatoms. The summed E-state index contributed by atoms with van der Waals surface area (Å²) in [5.74, 6) is -0.171. The van der Waals surface area contributed by atoms with E-state index in [2.05, 4.69) is 9.97 Å². The monoisotopic (exact) mass is 205 g/mol. The molecule has 0 spiro atoms. The van der Waals surface area contributed by atoms with Gasteiger partial charge in [-0.15, -0.1) is 0 Å². The van der Waals surface area contributed by atoms with E-state index in [4.69, 9.17) is 10.5 Å². The van der Waals surface area contributed by atoms with Crippen LogP contribution in [0.5, 0.6) is 11.6 Å². The van der Waals surface area contributed by atoms with Crippen LogP contribution in [0.3, 0.4) is 0 Å². The number of hydrogen-bond donors (Lipinski definition) is 1. The van der Waals surface area contributed by atoms with Gasteiger partial charge in [-0.3, -0.25) is 0 Å². The number of anilines is 1. The van der Waals surface area contributed by atoms with Crippen LogP contribution in [0.25, 0.3) is 0 Å². The number of aromatic nitrogens is 2. The molecular weight excluding hydrogens is 197 g/mol. The van der Waals surface area contributed by atoms with Crippen LogP contribution in [0.2, 0.25) is 0 Å². The van der Waals surface area contributed by atoms with Crippen molar-refractivity contribution in [3.63, 3.8) is 0 Å². The summed E-state index contributed by atoms with van der Waals surface area (Å²) in [5, 5.41) is 0. The van der Waals surface area contributed by atoms with Gasteiger partial charge in [-0.1, -0.05) is 12.1 Å². The van der Waals surface area contributed by atoms with Gasteiger partial charge in [0.15, 0.2) is 17.4 Å². The van der Waals surface area contributed by atoms with E-state index in [1.165, 1.54) is 24.5 Å². The van der Waals surface area contributed by atoms with Gasteiger partial charge >= 0.3 is 0 Å². The van der Waals surface area contributed by atoms with Crippen LogP contribution in [0.15, 0.2) is 36.7 Å². The minimum atomic E-state index is -0.470. The molecule has 76 valence electrons. The number of nitrogen functional groups attached to an aromatic ring is 1. The molecule has 0 bridgehead atoms. The van der Waals surface area contributed by atoms with Crippen LogP contribution in [-0.2, 0) is 0 Å². The van der Waals surface area contributed by atoms with Crippen molar-refractivity contribution in [3.8, 4) is 11.6 Å². The Morgan fingerprint density at radius 3 is 2.60 bits per heavy atom. The van der Waals surface area contributed by atoms with Crippen LogP contribution < -0.4 is 10.5 Å². The average molecular weight is 205 g/mol. The molecule has 4 nitrogen and oxygen atoms in total. The summed E-state index contributed by atoms with van der Waals surface area (Å²) in [4.78, 5) is 7.61. The second-order valence-electron chi connectivity index (χ2n) is 2.78. The van der Waals surface area contributed by atoms with Gasteiger partial charge in [0, 0.05) is 12.4 Å². The first-order valence-corrected chi connectivity index (χ1v) is 4.26. The number of para-hydroxylation sites is 1. The fraction of sp³-hybridized carbons (Fsp3) is 0. The smallest absolute Gasteiger partial charge is 0.262 e. The average Bonchev–Trinajstić information content (AvgIpc) is 2.24. The number of halogens is 1. The lowest BCUT2D eigenvalue weighted by molar-refractivity contribution is 0.428. The van der Waals surface area contributed by atoms with Crippen molar-refractivity contribution in [1.29, 1.82) is 0 Å². The quantitative estimate of drug-likeness (QED) is 0.814. The van der Waals surface area contributed by atoms with Gasteiger partial charge in [0.05, 0.1) is 0 Å². The number of hydrogen-bond acceptors (Lipinski definition) is 4. The maximum atomic E-state index is 13.2. The Labute approximate surface area is 85.5 Å². The highest BCUT2D eigenvalue weighted by molar-refractivity contribution is 5.42. The predicted octanol–water partition coefficient (Wildman–Crippen LogP) is 1.99. The van der Waals surface area contributed by atoms with Crippen LogP contribution in [0.1, 0.15) is 0 Å². The first-order valence-electron chi connectivity index (χ1n) is 4.26. The Kier molecular flexibility index (Phi) is 2.45. The van der Waals surface area contributed by atoms with Crippen molar-refractivity contribution < 1.29 is 9.13 Å². The van der Waals surface area contributed by atoms with E-state index in [9.17, 15) is 4.39 Å². The molecule has 1 aromatic heterocycles. The molecule has 0 saturated carbocycles. The lowest BCUT2D eigenvalue weighted by atomic mass is 10.3. The normalized spacial score (nSPS) is 9.93. The van der Waals surface area contributed by atoms with E-state index in [1.54, 1.807) is 12.1 Å². The zero-order valence-electron chi connectivity index (χ0n) is 7.72. The Balaban J connectivity index is 2.30. The molecule has 0 radical (unpaired) electrons. The molecule has 0 fully saturated rings. The molecule has 0 aliphatic carbocycles. The zero-order valence-corrected chi connectivity index (χ0v) is 7.72. The van der Waals surface area contributed by atoms with E-state index in [-0.39, 0.29) is 17.4 Å². The summed E-state index contributed by atoms with van der Waals surface area (Å²) in [6.07, 6.45) is 2.86. The Morgan fingerprint density at radius 2 is 1.87 bits per heavy atom. The predicted molar refractivity (Wildman–Crippen MR) is 52.9 cm³/mol. The summed E-state index contributed by atoms with van der Waals surface area (Å²) < 4.78 is 18.4. The van der Waals surface area contributed by atoms with E-state index in [1.807, 2.05) is 0 Å². The number of rotatable bonds is 2. The fourth-order valence-electron chi connectivity index (χ4n) is 1.05. The molecule has 0 saturated heterocycles. The molecular formula is C10H8FN3O. The van der Waals surface area contributed by atoms with Gasteiger partial charge in [-0.05, 0) is 12.1 Å². The number of nitrogens with zero attached hydrogens (tertiary/aromatic N) is 2. The molecule has 0 aliphatic rings. The Morgan fingerprint density at radius 1 is 1.13 bits per heavy atom. The minimum Gasteiger partial charge on any atom is -0.433 e. The summed E-state index contributed by atoms with van der Waals surface area (Å²) in [5.41, 5.74) is 5.50. The van der Waals surface area contributed by atoms with Crippen molar-refractivity contribution in [2.24, 2.45) is 0 Å². The molecule has 2 aromatic rings. The van der Waals surface area contributed by atoms with Crippen molar-refractivity contribution in [3.05, 3.63) is 42.5 Å². The lowest BCUT2D eigenvalue weighted by Crippen LogP contribution is -1.97. The van der Waals surface area contributed by atoms with Crippen LogP contribution in [-0.4, -0.2) is 9.97 Å². The molecule has 2 rings (SSSR count). The van der Waals surface area contributed by atoms with Crippen molar-refractivity contribution in [2.45, 2.75) is 0 Å². The summed E-state index contributed by atoms with van der Waals surface area (Å²) >= 11 is 0. The third-order valence-corrected chi connectivity index (χ3v) is 1.73. The second-order valence-corrected chi connectivity index (χ2v) is 2.78. The van der Waals surface area contributed by atoms with E-state index in [0.717, 1.165) is 0 Å². The highest BCUT2D eigenvalue weighted by Gasteiger charge is 2.07. The van der Waals surface area contributed by atoms with E-state index in [0.29, 0.717) is 0 Å². The van der Waals surface area contributed by atoms with E-state index >= 15 is 0 Å². The molecule has 1 heterocycles. The van der Waals surface area contributed by atoms with Crippen molar-refractivity contribution in [1.82, 2.24) is 9.97 Å². The molecule has 0 unspecified atom stereocenters. The second kappa shape index (κ2) is 3.91. The van der Waals surface area contributed by atoms with Gasteiger partial charge in [0.25, 0.3) is 5.88 Å². The molecule has 1 aromatic carbocycles. The first-order chi connectivity index (χ1) is 7.27. The summed E-state index contributed by atoms with van der Waals surface area (Å²) in [6.45, 7) is 0. The summed E-state index contributed by atoms with van der Waals surface area (Å²) in [7, 11) is 0. The highest BCUT2D eigenvalue weighted by Crippen LogP contribution is 2.24. The molecule has 15 heavy (non-hydrogen) atoms. The maximum absolute atomic E-state index is 13.2. The molecule has 0 amide bonds. The van der Waals surface area contributed by atoms with Crippen LogP contribution >= 0.6 is 0 Å². The highest BCUT2D eigenvalue weighted by atomic mass is 19.1. The van der Waals surface area contributed by atoms with Crippen LogP contribution in [0.4, 0.5) is 10.2 Å². The Hall–Kier alpha value is -2.17. The van der Waals surface area contributed by atoms with Crippen LogP contribution in [0, 0.1) is 5.82 Å². The van der Waals surface area contributed by atoms with Gasteiger partial charge in [-0.2, -0.15) is 0 Å². The minimum absolute atomic E-state index is 0.0738. The molecule has 0 aliphatic heterocycles. The standard InChI is InChI=1S/C10H8FN3O/c11-7-3-1-2-4-8(7)15-10-9(12)13-5-6-14-10/h1-6H,(H2,12,13). The topological polar surface area (TPSA) is 61.0 Å². The van der Waals surface area contributed by atoms with Crippen molar-refractivity contribution in [2.75, 3.05) is 5.73 Å². The lowest BCUT2D eigenvalue weighted by Gasteiger charge is -2.06. The third kappa shape index (κ3) is 2.01. The number of ether oxygens (including phenoxy) is 1. The number of nitrogens with two attached hydrogens (primary N) is 1. The number of benzene rings is 1. The largest absolute Gasteiger partial charge is 0.433 e. The van der Waals surface area contributed by atoms with Gasteiger partial charge in [0.2, 0.25) is 0 Å². The Bertz CT molecular complexity index is 432. The van der Waals surface area contributed by atoms with Gasteiger partial charge in [0.1, 0.15) is 0 Å². The van der Waals surface area contributed by atoms with Gasteiger partial charge in [-0.25, -0.2) is 14.4 Å². The van der Waals surface area contributed by atoms with Crippen molar-refractivity contribution >= 4 is 5.82 Å². The fourth-order valence-corrected chi connectivity index (χ4v) is 1.05. The summed E-state index contributed by atoms with van der Waals surface area (Å²) in [6, 6.07) is 6.01. The first kappa shape index (κ1) is 9.39. The third-order valence-electron chi connectivity index (χ3n) is 1.73. The molecule has 0 atom stereocenters. The SMILES string of the molecule is Nc1nccnc1Oc1ccccc1F. The maximum Gasteiger partial charge on any atom is 0.262 e. The zero-order chi connectivity index (χ0) is 10.7. The van der Waals surface area contributed by atoms with E-state index < -0.39 is 5.82 Å².